The molecule has 4 rings (SSSR count). The van der Waals surface area contributed by atoms with Gasteiger partial charge in [-0.1, -0.05) is 24.3 Å². The lowest BCUT2D eigenvalue weighted by Crippen LogP contribution is -2.31. The third kappa shape index (κ3) is 4.75. The van der Waals surface area contributed by atoms with E-state index in [1.54, 1.807) is 13.0 Å². The predicted molar refractivity (Wildman–Crippen MR) is 113 cm³/mol. The summed E-state index contributed by atoms with van der Waals surface area (Å²) < 4.78 is 17.0. The van der Waals surface area contributed by atoms with Crippen molar-refractivity contribution in [1.82, 2.24) is 0 Å². The van der Waals surface area contributed by atoms with Crippen LogP contribution in [0.1, 0.15) is 45.7 Å². The largest absolute Gasteiger partial charge is 0.485 e. The first kappa shape index (κ1) is 20.8. The number of para-hydroxylation sites is 2. The van der Waals surface area contributed by atoms with Crippen molar-refractivity contribution in [2.75, 3.05) is 5.73 Å². The van der Waals surface area contributed by atoms with Crippen LogP contribution in [-0.4, -0.2) is 23.2 Å². The Morgan fingerprint density at radius 3 is 2.03 bits per heavy atom. The number of benzene rings is 2. The molecule has 0 aromatic heterocycles. The predicted octanol–water partition coefficient (Wildman–Crippen LogP) is 3.64. The third-order valence-electron chi connectivity index (χ3n) is 4.88. The first-order valence-corrected chi connectivity index (χ1v) is 9.81. The normalized spacial score (nSPS) is 18.2. The SMILES string of the molecule is CC(Oc1cccc2c1OC(C)(C)C2)C(N)=O.CC1(C)Cc2cccc(N)c2O1. The molecule has 2 heterocycles. The molecular formula is C23H30N2O4. The van der Waals surface area contributed by atoms with Gasteiger partial charge in [0.15, 0.2) is 17.6 Å². The Kier molecular flexibility index (Phi) is 5.39. The van der Waals surface area contributed by atoms with Crippen molar-refractivity contribution in [3.63, 3.8) is 0 Å². The monoisotopic (exact) mass is 398 g/mol. The summed E-state index contributed by atoms with van der Waals surface area (Å²) >= 11 is 0. The van der Waals surface area contributed by atoms with E-state index in [2.05, 4.69) is 19.9 Å². The maximum absolute atomic E-state index is 11.0. The summed E-state index contributed by atoms with van der Waals surface area (Å²) in [4.78, 5) is 11.0. The highest BCUT2D eigenvalue weighted by Gasteiger charge is 2.33. The van der Waals surface area contributed by atoms with E-state index in [1.165, 1.54) is 5.56 Å². The van der Waals surface area contributed by atoms with Crippen molar-refractivity contribution in [2.24, 2.45) is 5.73 Å². The lowest BCUT2D eigenvalue weighted by Gasteiger charge is -2.19. The second kappa shape index (κ2) is 7.50. The molecule has 6 nitrogen and oxygen atoms in total. The molecule has 29 heavy (non-hydrogen) atoms. The van der Waals surface area contributed by atoms with E-state index < -0.39 is 12.0 Å². The summed E-state index contributed by atoms with van der Waals surface area (Å²) in [6, 6.07) is 11.6. The molecule has 0 saturated heterocycles. The van der Waals surface area contributed by atoms with E-state index in [0.717, 1.165) is 35.6 Å². The number of hydrogen-bond acceptors (Lipinski definition) is 5. The smallest absolute Gasteiger partial charge is 0.258 e. The number of rotatable bonds is 3. The second-order valence-electron chi connectivity index (χ2n) is 8.82. The van der Waals surface area contributed by atoms with Gasteiger partial charge in [-0.05, 0) is 46.8 Å². The number of amides is 1. The molecule has 0 fully saturated rings. The highest BCUT2D eigenvalue weighted by Crippen LogP contribution is 2.42. The summed E-state index contributed by atoms with van der Waals surface area (Å²) in [5.74, 6) is 1.70. The molecule has 2 aromatic rings. The van der Waals surface area contributed by atoms with Gasteiger partial charge >= 0.3 is 0 Å². The van der Waals surface area contributed by atoms with Crippen molar-refractivity contribution >= 4 is 11.6 Å². The fourth-order valence-corrected chi connectivity index (χ4v) is 3.57. The molecule has 2 aliphatic rings. The van der Waals surface area contributed by atoms with Crippen LogP contribution in [0.3, 0.4) is 0 Å². The van der Waals surface area contributed by atoms with Crippen LogP contribution < -0.4 is 25.7 Å². The zero-order valence-corrected chi connectivity index (χ0v) is 17.7. The van der Waals surface area contributed by atoms with Gasteiger partial charge < -0.3 is 25.7 Å². The maximum atomic E-state index is 11.0. The maximum Gasteiger partial charge on any atom is 0.258 e. The minimum atomic E-state index is -0.659. The van der Waals surface area contributed by atoms with E-state index in [9.17, 15) is 4.79 Å². The van der Waals surface area contributed by atoms with Gasteiger partial charge in [0, 0.05) is 24.0 Å². The fraction of sp³-hybridized carbons (Fsp3) is 0.435. The summed E-state index contributed by atoms with van der Waals surface area (Å²) in [7, 11) is 0. The van der Waals surface area contributed by atoms with Gasteiger partial charge in [-0.2, -0.15) is 0 Å². The van der Waals surface area contributed by atoms with Crippen molar-refractivity contribution in [2.45, 2.75) is 64.8 Å². The van der Waals surface area contributed by atoms with Crippen molar-refractivity contribution in [3.8, 4) is 17.2 Å². The molecule has 0 aliphatic carbocycles. The number of ether oxygens (including phenoxy) is 3. The van der Waals surface area contributed by atoms with Crippen molar-refractivity contribution in [3.05, 3.63) is 47.5 Å². The number of anilines is 1. The van der Waals surface area contributed by atoms with E-state index >= 15 is 0 Å². The highest BCUT2D eigenvalue weighted by molar-refractivity contribution is 5.78. The van der Waals surface area contributed by atoms with Crippen LogP contribution in [0.5, 0.6) is 17.2 Å². The van der Waals surface area contributed by atoms with Crippen LogP contribution in [0.15, 0.2) is 36.4 Å². The van der Waals surface area contributed by atoms with Crippen LogP contribution in [0.2, 0.25) is 0 Å². The standard InChI is InChI=1S/C13H17NO3.C10H13NO/c1-8(12(14)15)16-10-6-4-5-9-7-13(2,3)17-11(9)10;1-10(2)6-7-4-3-5-8(11)9(7)12-10/h4-6,8H,7H2,1-3H3,(H2,14,15);3-5H,6,11H2,1-2H3. The average Bonchev–Trinajstić information content (AvgIpc) is 3.10. The van der Waals surface area contributed by atoms with Gasteiger partial charge in [0.1, 0.15) is 17.0 Å². The molecule has 156 valence electrons. The van der Waals surface area contributed by atoms with Crippen LogP contribution >= 0.6 is 0 Å². The molecule has 1 atom stereocenters. The molecule has 0 radical (unpaired) electrons. The number of carbonyl (C=O) groups excluding carboxylic acids is 1. The fourth-order valence-electron chi connectivity index (χ4n) is 3.57. The molecule has 1 unspecified atom stereocenters. The molecular weight excluding hydrogens is 368 g/mol. The highest BCUT2D eigenvalue weighted by atomic mass is 16.5. The van der Waals surface area contributed by atoms with Crippen molar-refractivity contribution < 1.29 is 19.0 Å². The van der Waals surface area contributed by atoms with Gasteiger partial charge in [0.2, 0.25) is 0 Å². The molecule has 0 spiro atoms. The Balaban J connectivity index is 0.000000176. The number of fused-ring (bicyclic) bond motifs is 2. The number of carbonyl (C=O) groups is 1. The zero-order valence-electron chi connectivity index (χ0n) is 17.7. The summed E-state index contributed by atoms with van der Waals surface area (Å²) in [5, 5.41) is 0. The van der Waals surface area contributed by atoms with E-state index in [4.69, 9.17) is 25.7 Å². The van der Waals surface area contributed by atoms with Crippen LogP contribution in [0.25, 0.3) is 0 Å². The minimum absolute atomic E-state index is 0.0855. The molecule has 0 saturated carbocycles. The Bertz CT molecular complexity index is 921. The van der Waals surface area contributed by atoms with Crippen molar-refractivity contribution in [1.29, 1.82) is 0 Å². The average molecular weight is 399 g/mol. The Labute approximate surface area is 172 Å². The minimum Gasteiger partial charge on any atom is -0.485 e. The number of nitrogen functional groups attached to an aromatic ring is 1. The summed E-state index contributed by atoms with van der Waals surface area (Å²) in [5.41, 5.74) is 13.7. The van der Waals surface area contributed by atoms with Gasteiger partial charge in [0.25, 0.3) is 5.91 Å². The lowest BCUT2D eigenvalue weighted by molar-refractivity contribution is -0.124. The van der Waals surface area contributed by atoms with Crippen LogP contribution in [0.4, 0.5) is 5.69 Å². The number of hydrogen-bond donors (Lipinski definition) is 2. The second-order valence-corrected chi connectivity index (χ2v) is 8.82. The van der Waals surface area contributed by atoms with E-state index in [0.29, 0.717) is 5.75 Å². The van der Waals surface area contributed by atoms with E-state index in [1.807, 2.05) is 38.1 Å². The summed E-state index contributed by atoms with van der Waals surface area (Å²) in [6.07, 6.45) is 1.13. The van der Waals surface area contributed by atoms with Gasteiger partial charge in [-0.3, -0.25) is 4.79 Å². The molecule has 6 heteroatoms. The zero-order chi connectivity index (χ0) is 21.4. The molecule has 1 amide bonds. The Hall–Kier alpha value is -2.89. The lowest BCUT2D eigenvalue weighted by atomic mass is 10.0. The first-order chi connectivity index (χ1) is 13.5. The van der Waals surface area contributed by atoms with Gasteiger partial charge in [-0.15, -0.1) is 0 Å². The van der Waals surface area contributed by atoms with Gasteiger partial charge in [0.05, 0.1) is 5.69 Å². The van der Waals surface area contributed by atoms with E-state index in [-0.39, 0.29) is 11.2 Å². The number of primary amides is 1. The Morgan fingerprint density at radius 2 is 1.48 bits per heavy atom. The van der Waals surface area contributed by atoms with Crippen LogP contribution in [0, 0.1) is 0 Å². The molecule has 4 N–H and O–H groups in total. The molecule has 2 aliphatic heterocycles. The third-order valence-corrected chi connectivity index (χ3v) is 4.88. The number of nitrogens with two attached hydrogens (primary N) is 2. The Morgan fingerprint density at radius 1 is 0.966 bits per heavy atom. The topological polar surface area (TPSA) is 96.8 Å². The summed E-state index contributed by atoms with van der Waals surface area (Å²) in [6.45, 7) is 9.82. The molecule has 2 aromatic carbocycles. The quantitative estimate of drug-likeness (QED) is 0.770. The first-order valence-electron chi connectivity index (χ1n) is 9.81. The molecule has 0 bridgehead atoms. The van der Waals surface area contributed by atoms with Gasteiger partial charge in [-0.25, -0.2) is 0 Å². The van der Waals surface area contributed by atoms with Crippen LogP contribution in [-0.2, 0) is 17.6 Å².